The number of hydrogen-bond donors (Lipinski definition) is 1. The highest BCUT2D eigenvalue weighted by atomic mass is 32.2. The molecular formula is C15H25NO2S. The largest absolute Gasteiger partial charge is 0.310 e. The quantitative estimate of drug-likeness (QED) is 0.843. The Kier molecular flexibility index (Phi) is 2.96. The highest BCUT2D eigenvalue weighted by Gasteiger charge is 2.53. The van der Waals surface area contributed by atoms with Crippen molar-refractivity contribution in [2.75, 3.05) is 11.5 Å². The summed E-state index contributed by atoms with van der Waals surface area (Å²) in [6.45, 7) is 0. The highest BCUT2D eigenvalue weighted by Crippen LogP contribution is 2.58. The molecule has 0 aromatic heterocycles. The molecule has 2 bridgehead atoms. The molecule has 3 aliphatic carbocycles. The van der Waals surface area contributed by atoms with Gasteiger partial charge in [0.25, 0.3) is 0 Å². The standard InChI is InChI=1S/C15H25NO2S/c17-19(18)6-2-3-11(9-19)16-15-8-10-7-14(15)13-5-1-4-12(10)13/h10-16H,1-9H2. The van der Waals surface area contributed by atoms with Crippen LogP contribution in [0.5, 0.6) is 0 Å². The Balaban J connectivity index is 1.42. The van der Waals surface area contributed by atoms with Gasteiger partial charge in [0.1, 0.15) is 0 Å². The zero-order valence-electron chi connectivity index (χ0n) is 11.6. The van der Waals surface area contributed by atoms with E-state index in [1.165, 1.54) is 32.1 Å². The van der Waals surface area contributed by atoms with Crippen LogP contribution in [0.15, 0.2) is 0 Å². The van der Waals surface area contributed by atoms with E-state index in [0.717, 1.165) is 36.5 Å². The van der Waals surface area contributed by atoms with E-state index in [9.17, 15) is 8.42 Å². The van der Waals surface area contributed by atoms with Gasteiger partial charge in [-0.1, -0.05) is 6.42 Å². The van der Waals surface area contributed by atoms with Crippen molar-refractivity contribution in [2.24, 2.45) is 23.7 Å². The summed E-state index contributed by atoms with van der Waals surface area (Å²) in [7, 11) is -2.77. The molecule has 4 fully saturated rings. The molecule has 1 N–H and O–H groups in total. The molecule has 3 nitrogen and oxygen atoms in total. The van der Waals surface area contributed by atoms with Crippen molar-refractivity contribution in [3.8, 4) is 0 Å². The van der Waals surface area contributed by atoms with Crippen LogP contribution in [0.25, 0.3) is 0 Å². The lowest BCUT2D eigenvalue weighted by Gasteiger charge is -2.35. The van der Waals surface area contributed by atoms with E-state index in [4.69, 9.17) is 0 Å². The topological polar surface area (TPSA) is 46.2 Å². The molecule has 3 saturated carbocycles. The summed E-state index contributed by atoms with van der Waals surface area (Å²) in [5.74, 6) is 4.61. The molecule has 4 aliphatic rings. The van der Waals surface area contributed by atoms with Gasteiger partial charge in [-0.15, -0.1) is 0 Å². The molecule has 0 amide bonds. The Morgan fingerprint density at radius 3 is 2.58 bits per heavy atom. The summed E-state index contributed by atoms with van der Waals surface area (Å²) >= 11 is 0. The van der Waals surface area contributed by atoms with Crippen LogP contribution in [0.2, 0.25) is 0 Å². The summed E-state index contributed by atoms with van der Waals surface area (Å²) < 4.78 is 23.5. The van der Waals surface area contributed by atoms with E-state index in [0.29, 0.717) is 17.5 Å². The molecule has 108 valence electrons. The number of fused-ring (bicyclic) bond motifs is 5. The Morgan fingerprint density at radius 2 is 1.74 bits per heavy atom. The summed E-state index contributed by atoms with van der Waals surface area (Å²) in [6.07, 6.45) is 9.00. The van der Waals surface area contributed by atoms with Crippen molar-refractivity contribution < 1.29 is 8.42 Å². The molecule has 1 saturated heterocycles. The minimum Gasteiger partial charge on any atom is -0.310 e. The summed E-state index contributed by atoms with van der Waals surface area (Å²) in [5, 5.41) is 3.74. The molecule has 6 unspecified atom stereocenters. The van der Waals surface area contributed by atoms with Crippen LogP contribution in [-0.2, 0) is 9.84 Å². The molecule has 6 atom stereocenters. The molecule has 4 rings (SSSR count). The number of nitrogens with one attached hydrogen (secondary N) is 1. The second-order valence-corrected chi connectivity index (χ2v) is 9.61. The molecule has 19 heavy (non-hydrogen) atoms. The fraction of sp³-hybridized carbons (Fsp3) is 1.00. The van der Waals surface area contributed by atoms with E-state index >= 15 is 0 Å². The van der Waals surface area contributed by atoms with Crippen molar-refractivity contribution in [2.45, 2.75) is 57.0 Å². The lowest BCUT2D eigenvalue weighted by atomic mass is 9.79. The Hall–Kier alpha value is -0.0900. The third-order valence-corrected chi connectivity index (χ3v) is 8.16. The minimum absolute atomic E-state index is 0.239. The maximum Gasteiger partial charge on any atom is 0.151 e. The van der Waals surface area contributed by atoms with Crippen LogP contribution in [0, 0.1) is 23.7 Å². The van der Waals surface area contributed by atoms with E-state index < -0.39 is 9.84 Å². The molecule has 0 aromatic rings. The van der Waals surface area contributed by atoms with Crippen molar-refractivity contribution in [3.05, 3.63) is 0 Å². The average molecular weight is 283 g/mol. The van der Waals surface area contributed by atoms with Gasteiger partial charge in [-0.25, -0.2) is 8.42 Å². The van der Waals surface area contributed by atoms with Gasteiger partial charge >= 0.3 is 0 Å². The maximum atomic E-state index is 11.7. The van der Waals surface area contributed by atoms with Gasteiger partial charge in [-0.05, 0) is 62.2 Å². The molecule has 0 radical (unpaired) electrons. The number of rotatable bonds is 2. The van der Waals surface area contributed by atoms with E-state index in [1.807, 2.05) is 0 Å². The van der Waals surface area contributed by atoms with E-state index in [1.54, 1.807) is 0 Å². The second-order valence-electron chi connectivity index (χ2n) is 7.38. The maximum absolute atomic E-state index is 11.7. The van der Waals surface area contributed by atoms with Crippen molar-refractivity contribution in [1.82, 2.24) is 5.32 Å². The summed E-state index contributed by atoms with van der Waals surface area (Å²) in [4.78, 5) is 0. The van der Waals surface area contributed by atoms with Gasteiger partial charge in [0.15, 0.2) is 9.84 Å². The SMILES string of the molecule is O=S1(=O)CCCC(NC2CC3CC2C2CCCC32)C1. The fourth-order valence-electron chi connectivity index (χ4n) is 5.72. The van der Waals surface area contributed by atoms with Crippen LogP contribution in [0.3, 0.4) is 0 Å². The summed E-state index contributed by atoms with van der Waals surface area (Å²) in [5.41, 5.74) is 0. The van der Waals surface area contributed by atoms with E-state index in [-0.39, 0.29) is 6.04 Å². The first kappa shape index (κ1) is 12.6. The third kappa shape index (κ3) is 2.15. The van der Waals surface area contributed by atoms with Gasteiger partial charge < -0.3 is 5.32 Å². The van der Waals surface area contributed by atoms with Gasteiger partial charge in [-0.3, -0.25) is 0 Å². The lowest BCUT2D eigenvalue weighted by molar-refractivity contribution is 0.198. The number of sulfone groups is 1. The first-order valence-electron chi connectivity index (χ1n) is 8.09. The molecule has 1 aliphatic heterocycles. The zero-order valence-corrected chi connectivity index (χ0v) is 12.4. The third-order valence-electron chi connectivity index (χ3n) is 6.34. The molecular weight excluding hydrogens is 258 g/mol. The average Bonchev–Trinajstić information content (AvgIpc) is 2.97. The molecule has 0 aromatic carbocycles. The molecule has 1 heterocycles. The van der Waals surface area contributed by atoms with Crippen LogP contribution in [-0.4, -0.2) is 32.0 Å². The Morgan fingerprint density at radius 1 is 0.895 bits per heavy atom. The summed E-state index contributed by atoms with van der Waals surface area (Å²) in [6, 6.07) is 0.866. The fourth-order valence-corrected chi connectivity index (χ4v) is 7.37. The Bertz CT molecular complexity index is 461. The van der Waals surface area contributed by atoms with Crippen molar-refractivity contribution in [1.29, 1.82) is 0 Å². The zero-order chi connectivity index (χ0) is 13.0. The lowest BCUT2D eigenvalue weighted by Crippen LogP contribution is -2.49. The first-order valence-corrected chi connectivity index (χ1v) is 9.91. The predicted molar refractivity (Wildman–Crippen MR) is 75.6 cm³/mol. The Labute approximate surface area is 116 Å². The van der Waals surface area contributed by atoms with Crippen LogP contribution >= 0.6 is 0 Å². The first-order chi connectivity index (χ1) is 9.12. The smallest absolute Gasteiger partial charge is 0.151 e. The predicted octanol–water partition coefficient (Wildman–Crippen LogP) is 1.98. The minimum atomic E-state index is -2.77. The normalized spacial score (nSPS) is 51.4. The highest BCUT2D eigenvalue weighted by molar-refractivity contribution is 7.91. The van der Waals surface area contributed by atoms with Gasteiger partial charge in [-0.2, -0.15) is 0 Å². The van der Waals surface area contributed by atoms with Crippen LogP contribution < -0.4 is 5.32 Å². The van der Waals surface area contributed by atoms with Gasteiger partial charge in [0, 0.05) is 12.1 Å². The van der Waals surface area contributed by atoms with Crippen LogP contribution in [0.4, 0.5) is 0 Å². The van der Waals surface area contributed by atoms with Gasteiger partial charge in [0.05, 0.1) is 11.5 Å². The molecule has 0 spiro atoms. The molecule has 4 heteroatoms. The number of hydrogen-bond acceptors (Lipinski definition) is 3. The van der Waals surface area contributed by atoms with E-state index in [2.05, 4.69) is 5.32 Å². The van der Waals surface area contributed by atoms with Crippen molar-refractivity contribution in [3.63, 3.8) is 0 Å². The van der Waals surface area contributed by atoms with Crippen molar-refractivity contribution >= 4 is 9.84 Å². The van der Waals surface area contributed by atoms with Crippen LogP contribution in [0.1, 0.15) is 44.9 Å². The monoisotopic (exact) mass is 283 g/mol. The van der Waals surface area contributed by atoms with Gasteiger partial charge in [0.2, 0.25) is 0 Å². The second kappa shape index (κ2) is 4.45.